The van der Waals surface area contributed by atoms with Crippen LogP contribution in [-0.4, -0.2) is 20.4 Å². The van der Waals surface area contributed by atoms with Gasteiger partial charge in [-0.05, 0) is 83.0 Å². The first kappa shape index (κ1) is 33.7. The Labute approximate surface area is 279 Å². The van der Waals surface area contributed by atoms with Crippen LogP contribution in [0, 0.1) is 0 Å². The second-order valence-corrected chi connectivity index (χ2v) is 16.5. The topological polar surface area (TPSA) is 80.9 Å². The molecule has 8 bridgehead atoms. The summed E-state index contributed by atoms with van der Waals surface area (Å²) in [7, 11) is 0. The highest BCUT2D eigenvalue weighted by molar-refractivity contribution is 6.17. The molecule has 1 aliphatic rings. The van der Waals surface area contributed by atoms with Crippen LogP contribution in [0.1, 0.15) is 129 Å². The molecule has 1 aliphatic carbocycles. The predicted molar refractivity (Wildman–Crippen MR) is 189 cm³/mol. The van der Waals surface area contributed by atoms with Gasteiger partial charge in [0.2, 0.25) is 0 Å². The molecule has 244 valence electrons. The summed E-state index contributed by atoms with van der Waals surface area (Å²) >= 11 is 6.37. The summed E-state index contributed by atoms with van der Waals surface area (Å²) in [4.78, 5) is 0. The Hall–Kier alpha value is -3.63. The molecule has 0 heterocycles. The second kappa shape index (κ2) is 11.9. The first-order chi connectivity index (χ1) is 21.3. The number of hydrogen-bond donors (Lipinski definition) is 4. The molecule has 0 unspecified atom stereocenters. The van der Waals surface area contributed by atoms with Crippen LogP contribution in [0.5, 0.6) is 23.0 Å². The number of fused-ring (bicyclic) bond motifs is 8. The zero-order valence-electron chi connectivity index (χ0n) is 28.8. The molecule has 0 aliphatic heterocycles. The number of phenols is 4. The number of halogens is 1. The van der Waals surface area contributed by atoms with Crippen molar-refractivity contribution in [3.63, 3.8) is 0 Å². The van der Waals surface area contributed by atoms with E-state index in [2.05, 4.69) is 62.3 Å². The minimum atomic E-state index is -0.200. The van der Waals surface area contributed by atoms with E-state index < -0.39 is 0 Å². The predicted octanol–water partition coefficient (Wildman–Crippen LogP) is 9.82. The minimum absolute atomic E-state index is 0.142. The third-order valence-corrected chi connectivity index (χ3v) is 9.72. The quantitative estimate of drug-likeness (QED) is 0.138. The molecule has 5 rings (SSSR count). The Balaban J connectivity index is 1.87. The molecule has 0 fully saturated rings. The van der Waals surface area contributed by atoms with Crippen molar-refractivity contribution in [2.45, 2.75) is 110 Å². The molecule has 46 heavy (non-hydrogen) atoms. The van der Waals surface area contributed by atoms with Crippen molar-refractivity contribution >= 4 is 11.6 Å². The van der Waals surface area contributed by atoms with Gasteiger partial charge in [0.25, 0.3) is 0 Å². The average molecular weight is 641 g/mol. The lowest BCUT2D eigenvalue weighted by Gasteiger charge is -2.26. The van der Waals surface area contributed by atoms with Gasteiger partial charge in [0.15, 0.2) is 0 Å². The smallest absolute Gasteiger partial charge is 0.122 e. The fourth-order valence-corrected chi connectivity index (χ4v) is 6.54. The average Bonchev–Trinajstić information content (AvgIpc) is 2.94. The Morgan fingerprint density at radius 1 is 0.413 bits per heavy atom. The number of aromatic hydroxyl groups is 4. The highest BCUT2D eigenvalue weighted by Crippen LogP contribution is 2.42. The van der Waals surface area contributed by atoms with Crippen LogP contribution in [-0.2, 0) is 47.8 Å². The van der Waals surface area contributed by atoms with Crippen molar-refractivity contribution in [1.82, 2.24) is 0 Å². The van der Waals surface area contributed by atoms with Gasteiger partial charge in [-0.1, -0.05) is 111 Å². The SMILES string of the molecule is CC(C)(C)c1cc2c(O)c(c1)Cc1cc(C(C)(C)C)cc(c1O)Cc1cc(C(C)(C)C)cc(c1O)Cc1cc(CCl)cc(c1O)C2. The maximum atomic E-state index is 11.8. The van der Waals surface area contributed by atoms with E-state index in [9.17, 15) is 20.4 Å². The van der Waals surface area contributed by atoms with Crippen molar-refractivity contribution < 1.29 is 20.4 Å². The second-order valence-electron chi connectivity index (χ2n) is 16.3. The molecule has 4 N–H and O–H groups in total. The Bertz CT molecular complexity index is 1700. The van der Waals surface area contributed by atoms with E-state index in [0.29, 0.717) is 47.9 Å². The molecule has 0 spiro atoms. The van der Waals surface area contributed by atoms with Gasteiger partial charge in [0.05, 0.1) is 0 Å². The molecule has 0 saturated heterocycles. The number of phenolic OH excluding ortho intramolecular Hbond substituents is 4. The van der Waals surface area contributed by atoms with Crippen LogP contribution in [0.25, 0.3) is 0 Å². The molecule has 0 aromatic heterocycles. The van der Waals surface area contributed by atoms with Crippen molar-refractivity contribution in [3.05, 3.63) is 115 Å². The van der Waals surface area contributed by atoms with Crippen molar-refractivity contribution in [2.75, 3.05) is 0 Å². The van der Waals surface area contributed by atoms with Gasteiger partial charge in [0, 0.05) is 31.6 Å². The van der Waals surface area contributed by atoms with E-state index in [1.165, 1.54) is 0 Å². The molecule has 0 amide bonds. The Kier molecular flexibility index (Phi) is 8.70. The van der Waals surface area contributed by atoms with Crippen molar-refractivity contribution in [2.24, 2.45) is 0 Å². The summed E-state index contributed by atoms with van der Waals surface area (Å²) in [5.41, 5.74) is 9.08. The van der Waals surface area contributed by atoms with E-state index in [-0.39, 0.29) is 45.1 Å². The molecule has 5 heteroatoms. The monoisotopic (exact) mass is 640 g/mol. The first-order valence-electron chi connectivity index (χ1n) is 16.2. The lowest BCUT2D eigenvalue weighted by Crippen LogP contribution is -2.15. The molecule has 4 aromatic carbocycles. The van der Waals surface area contributed by atoms with Gasteiger partial charge in [-0.15, -0.1) is 11.6 Å². The fraction of sp³-hybridized carbons (Fsp3) is 0.415. The van der Waals surface area contributed by atoms with Crippen LogP contribution in [0.2, 0.25) is 0 Å². The third kappa shape index (κ3) is 6.74. The van der Waals surface area contributed by atoms with Crippen molar-refractivity contribution in [3.8, 4) is 23.0 Å². The fourth-order valence-electron chi connectivity index (χ4n) is 6.39. The van der Waals surface area contributed by atoms with E-state index in [1.54, 1.807) is 0 Å². The maximum Gasteiger partial charge on any atom is 0.122 e. The standard InChI is InChI=1S/C41H49ClO4/c1-39(2,3)32-16-26-12-24-10-23(22-42)11-25(35(24)43)13-27-17-33(40(4,5)6)19-29(37(27)45)15-31-21-34(41(7,8)9)20-30(38(31)46)14-28(18-32)36(26)44/h10-11,16-21,43-46H,12-15,22H2,1-9H3. The highest BCUT2D eigenvalue weighted by Gasteiger charge is 2.26. The van der Waals surface area contributed by atoms with Crippen LogP contribution in [0.15, 0.2) is 48.5 Å². The van der Waals surface area contributed by atoms with Crippen molar-refractivity contribution in [1.29, 1.82) is 0 Å². The number of hydrogen-bond acceptors (Lipinski definition) is 4. The van der Waals surface area contributed by atoms with Crippen LogP contribution < -0.4 is 0 Å². The zero-order chi connectivity index (χ0) is 33.9. The molecular formula is C41H49ClO4. The van der Waals surface area contributed by atoms with Gasteiger partial charge < -0.3 is 20.4 Å². The van der Waals surface area contributed by atoms with E-state index in [0.717, 1.165) is 44.5 Å². The number of rotatable bonds is 1. The molecule has 0 radical (unpaired) electrons. The maximum absolute atomic E-state index is 11.8. The summed E-state index contributed by atoms with van der Waals surface area (Å²) in [6, 6.07) is 16.0. The molecular weight excluding hydrogens is 592 g/mol. The minimum Gasteiger partial charge on any atom is -0.507 e. The summed E-state index contributed by atoms with van der Waals surface area (Å²) in [5, 5.41) is 47.1. The largest absolute Gasteiger partial charge is 0.507 e. The lowest BCUT2D eigenvalue weighted by atomic mass is 9.80. The van der Waals surface area contributed by atoms with Gasteiger partial charge >= 0.3 is 0 Å². The molecule has 4 nitrogen and oxygen atoms in total. The third-order valence-electron chi connectivity index (χ3n) is 9.41. The molecule has 4 aromatic rings. The van der Waals surface area contributed by atoms with Gasteiger partial charge in [0.1, 0.15) is 23.0 Å². The van der Waals surface area contributed by atoms with Crippen LogP contribution >= 0.6 is 11.6 Å². The van der Waals surface area contributed by atoms with E-state index in [1.807, 2.05) is 48.5 Å². The van der Waals surface area contributed by atoms with Crippen LogP contribution in [0.4, 0.5) is 0 Å². The first-order valence-corrected chi connectivity index (χ1v) is 16.7. The Morgan fingerprint density at radius 3 is 0.783 bits per heavy atom. The summed E-state index contributed by atoms with van der Waals surface area (Å²) in [6.07, 6.45) is 1.24. The van der Waals surface area contributed by atoms with Gasteiger partial charge in [-0.25, -0.2) is 0 Å². The summed E-state index contributed by atoms with van der Waals surface area (Å²) in [5.74, 6) is 0.916. The molecule has 0 atom stereocenters. The summed E-state index contributed by atoms with van der Waals surface area (Å²) in [6.45, 7) is 19.3. The lowest BCUT2D eigenvalue weighted by molar-refractivity contribution is 0.449. The highest BCUT2D eigenvalue weighted by atomic mass is 35.5. The van der Waals surface area contributed by atoms with E-state index in [4.69, 9.17) is 11.6 Å². The van der Waals surface area contributed by atoms with Gasteiger partial charge in [-0.2, -0.15) is 0 Å². The van der Waals surface area contributed by atoms with E-state index >= 15 is 0 Å². The number of alkyl halides is 1. The normalized spacial score (nSPS) is 14.0. The Morgan fingerprint density at radius 2 is 0.609 bits per heavy atom. The zero-order valence-corrected chi connectivity index (χ0v) is 29.6. The van der Waals surface area contributed by atoms with Gasteiger partial charge in [-0.3, -0.25) is 0 Å². The molecule has 0 saturated carbocycles. The summed E-state index contributed by atoms with van der Waals surface area (Å²) < 4.78 is 0. The number of benzene rings is 4. The van der Waals surface area contributed by atoms with Crippen LogP contribution in [0.3, 0.4) is 0 Å².